The van der Waals surface area contributed by atoms with Crippen LogP contribution < -0.4 is 0 Å². The Hall–Kier alpha value is -2.47. The molecule has 1 aliphatic carbocycles. The van der Waals surface area contributed by atoms with Crippen molar-refractivity contribution < 1.29 is 65.4 Å². The Balaban J connectivity index is -0.000000295. The van der Waals surface area contributed by atoms with Gasteiger partial charge in [0.05, 0.1) is 0 Å². The van der Waals surface area contributed by atoms with E-state index in [4.69, 9.17) is 0 Å². The van der Waals surface area contributed by atoms with E-state index in [2.05, 4.69) is 206 Å². The van der Waals surface area contributed by atoms with Crippen LogP contribution in [0.1, 0.15) is 287 Å². The van der Waals surface area contributed by atoms with Crippen LogP contribution in [0.15, 0.2) is 109 Å². The predicted molar refractivity (Wildman–Crippen MR) is 333 cm³/mol. The fourth-order valence-electron chi connectivity index (χ4n) is 9.21. The second-order valence-electron chi connectivity index (χ2n) is 20.7. The van der Waals surface area contributed by atoms with E-state index >= 15 is 0 Å². The number of hydrogen-bond acceptors (Lipinski definition) is 0. The second kappa shape index (κ2) is 43.4. The molecule has 1 atom stereocenters. The van der Waals surface area contributed by atoms with Gasteiger partial charge in [0.25, 0.3) is 0 Å². The van der Waals surface area contributed by atoms with Gasteiger partial charge in [0.15, 0.2) is 0 Å². The topological polar surface area (TPSA) is 0 Å². The molecule has 6 aromatic rings. The summed E-state index contributed by atoms with van der Waals surface area (Å²) in [5, 5.41) is 0. The smallest absolute Gasteiger partial charge is 0.335 e. The molecule has 7 rings (SSSR count). The van der Waals surface area contributed by atoms with Gasteiger partial charge in [0.2, 0.25) is 0 Å². The van der Waals surface area contributed by atoms with E-state index in [0.717, 1.165) is 19.3 Å². The maximum atomic E-state index is 3.62. The van der Waals surface area contributed by atoms with Crippen LogP contribution in [0.2, 0.25) is 0 Å². The molecule has 0 bridgehead atoms. The van der Waals surface area contributed by atoms with Crippen molar-refractivity contribution in [3.63, 3.8) is 0 Å². The van der Waals surface area contributed by atoms with E-state index in [0.29, 0.717) is 47.3 Å². The summed E-state index contributed by atoms with van der Waals surface area (Å²) in [5.74, 6) is 4.49. The third-order valence-corrected chi connectivity index (χ3v) is 12.2. The Morgan fingerprint density at radius 3 is 1.13 bits per heavy atom. The minimum Gasteiger partial charge on any atom is -0.335 e. The summed E-state index contributed by atoms with van der Waals surface area (Å²) in [6, 6.07) is 53.0. The summed E-state index contributed by atoms with van der Waals surface area (Å²) < 4.78 is 0. The molecule has 6 aromatic carbocycles. The number of hydrogen-bond donors (Lipinski definition) is 0. The summed E-state index contributed by atoms with van der Waals surface area (Å²) in [6.45, 7) is 44.1. The Morgan fingerprint density at radius 1 is 0.427 bits per heavy atom. The van der Waals surface area contributed by atoms with Crippen LogP contribution in [0, 0.1) is 43.0 Å². The summed E-state index contributed by atoms with van der Waals surface area (Å²) in [5.41, 5.74) is 20.0. The average Bonchev–Trinajstić information content (AvgIpc) is 3.32. The van der Waals surface area contributed by atoms with E-state index in [9.17, 15) is 0 Å². The van der Waals surface area contributed by atoms with E-state index in [1.54, 1.807) is 27.8 Å². The molecule has 1 aliphatic rings. The van der Waals surface area contributed by atoms with Crippen LogP contribution in [0.3, 0.4) is 0 Å². The van der Waals surface area contributed by atoms with Gasteiger partial charge >= 0.3 is 65.4 Å². The zero-order chi connectivity index (χ0) is 51.8. The second-order valence-corrected chi connectivity index (χ2v) is 20.7. The van der Waals surface area contributed by atoms with Crippen molar-refractivity contribution in [2.75, 3.05) is 0 Å². The average molecular weight is 1170 g/mol. The third kappa shape index (κ3) is 25.9. The Morgan fingerprint density at radius 2 is 0.800 bits per heavy atom. The molecular weight excluding hydrogens is 1050 g/mol. The molecule has 0 fully saturated rings. The van der Waals surface area contributed by atoms with Gasteiger partial charge in [-0.25, -0.2) is 0 Å². The fraction of sp³-hybridized carbons (Fsp3) is 0.479. The van der Waals surface area contributed by atoms with E-state index < -0.39 is 0 Å². The number of fused-ring (bicyclic) bond motifs is 2. The first-order valence-corrected chi connectivity index (χ1v) is 26.6. The maximum absolute atomic E-state index is 3.62. The molecule has 0 radical (unpaired) electrons. The monoisotopic (exact) mass is 1160 g/mol. The van der Waals surface area contributed by atoms with E-state index in [-0.39, 0.29) is 95.1 Å². The molecule has 0 amide bonds. The molecule has 0 spiro atoms. The molecule has 0 heterocycles. The minimum atomic E-state index is 0. The van der Waals surface area contributed by atoms with Gasteiger partial charge in [-0.15, -0.1) is 0 Å². The van der Waals surface area contributed by atoms with Crippen LogP contribution >= 0.6 is 0 Å². The molecule has 0 saturated carbocycles. The van der Waals surface area contributed by atoms with Crippen LogP contribution in [0.4, 0.5) is 0 Å². The number of rotatable bonds is 11. The molecule has 0 aromatic heterocycles. The predicted octanol–water partition coefficient (Wildman–Crippen LogP) is 22.9. The molecular formula is C73H110Y2. The maximum Gasteiger partial charge on any atom is 3.00 e. The first-order valence-electron chi connectivity index (χ1n) is 26.6. The molecule has 0 aliphatic heterocycles. The zero-order valence-corrected chi connectivity index (χ0v) is 54.1. The summed E-state index contributed by atoms with van der Waals surface area (Å²) in [4.78, 5) is 0. The van der Waals surface area contributed by atoms with Gasteiger partial charge in [-0.3, -0.25) is 0 Å². The van der Waals surface area contributed by atoms with Crippen molar-refractivity contribution in [2.24, 2.45) is 5.92 Å². The number of benzene rings is 6. The zero-order valence-electron chi connectivity index (χ0n) is 48.4. The minimum absolute atomic E-state index is 0. The van der Waals surface area contributed by atoms with Gasteiger partial charge in [0.1, 0.15) is 0 Å². The van der Waals surface area contributed by atoms with Gasteiger partial charge in [-0.2, -0.15) is 169 Å². The van der Waals surface area contributed by atoms with Crippen molar-refractivity contribution >= 4 is 0 Å². The molecule has 408 valence electrons. The SMILES string of the molecule is C.C.C.C.CC.CC(C)c1[c-]c(Cc2[c-]cccc2)ccc1C(C)C.CC(C)c1[c-]c(Cc2[c-]cccc2)ccc1C(C)C.CC(C)c1ccc2c(c1C(C)C)C(C(C)C)c1ccccc1C2.C[CH-]C.C[CH-]C.[Y+3].[Y+3]. The van der Waals surface area contributed by atoms with Crippen LogP contribution in [-0.4, -0.2) is 0 Å². The normalized spacial score (nSPS) is 11.4. The third-order valence-electron chi connectivity index (χ3n) is 12.2. The van der Waals surface area contributed by atoms with E-state index in [1.165, 1.54) is 50.1 Å². The molecule has 0 N–H and O–H groups in total. The standard InChI is InChI=1S/C23H30.2C19H22.2C3H7.C2H6.4CH4.2Y/c1-14(2)19-12-11-18-13-17-9-7-8-10-20(17)22(16(5)6)23(18)21(19)15(3)4;2*1-14(2)18-11-10-17(13-19(18)15(3)4)12-16-8-6-5-7-9-16;2*1-3-2;1-2;;;;;;/h7-12,14-16,22H,13H2,1-6H3;2*5-8,10-11,14-15H,12H2,1-4H3;2*3H,1-2H3;1-2H3;4*1H4;;/q;2*-2;2*-1;;;;;;2*+3. The largest absolute Gasteiger partial charge is 3.00 e. The van der Waals surface area contributed by atoms with Crippen molar-refractivity contribution in [1.29, 1.82) is 0 Å². The van der Waals surface area contributed by atoms with E-state index in [1.807, 2.05) is 78.6 Å². The fourth-order valence-corrected chi connectivity index (χ4v) is 9.21. The molecule has 0 saturated heterocycles. The quantitative estimate of drug-likeness (QED) is 0.113. The summed E-state index contributed by atoms with van der Waals surface area (Å²) in [6.07, 6.45) is 6.92. The van der Waals surface area contributed by atoms with Crippen molar-refractivity contribution in [3.05, 3.63) is 224 Å². The Labute approximate surface area is 519 Å². The van der Waals surface area contributed by atoms with Crippen LogP contribution in [0.5, 0.6) is 0 Å². The van der Waals surface area contributed by atoms with Gasteiger partial charge in [-0.05, 0) is 82.2 Å². The van der Waals surface area contributed by atoms with Gasteiger partial charge in [-0.1, -0.05) is 189 Å². The molecule has 2 heteroatoms. The van der Waals surface area contributed by atoms with Gasteiger partial charge < -0.3 is 12.8 Å². The Kier molecular flexibility index (Phi) is 47.1. The first kappa shape index (κ1) is 81.4. The summed E-state index contributed by atoms with van der Waals surface area (Å²) in [7, 11) is 0. The van der Waals surface area contributed by atoms with Crippen LogP contribution in [0.25, 0.3) is 0 Å². The van der Waals surface area contributed by atoms with Crippen molar-refractivity contribution in [3.8, 4) is 0 Å². The molecule has 1 unspecified atom stereocenters. The van der Waals surface area contributed by atoms with Crippen molar-refractivity contribution in [2.45, 2.75) is 229 Å². The van der Waals surface area contributed by atoms with Gasteiger partial charge in [0, 0.05) is 5.92 Å². The van der Waals surface area contributed by atoms with Crippen molar-refractivity contribution in [1.82, 2.24) is 0 Å². The summed E-state index contributed by atoms with van der Waals surface area (Å²) >= 11 is 0. The Bertz CT molecular complexity index is 2210. The first-order chi connectivity index (χ1) is 32.9. The molecule has 0 nitrogen and oxygen atoms in total. The molecule has 75 heavy (non-hydrogen) atoms. The van der Waals surface area contributed by atoms with Crippen LogP contribution in [-0.2, 0) is 84.7 Å².